The van der Waals surface area contributed by atoms with Gasteiger partial charge in [0.25, 0.3) is 0 Å². The highest BCUT2D eigenvalue weighted by atomic mass is 16.6. The molecule has 0 aliphatic heterocycles. The minimum atomic E-state index is -0.804. The quantitative estimate of drug-likeness (QED) is 0.0359. The number of alkyl carbamates (subject to hydrolysis) is 2. The summed E-state index contributed by atoms with van der Waals surface area (Å²) in [6.45, 7) is 15.1. The molecule has 2 atom stereocenters. The SMILES string of the molecule is C=C(C)C(=O)OCCNC(=O)OC(COC(=O)C1CCC(C2CCCCC2)CC1)COC1CCC(C(C)(C)C2CCC(OCC(COC(=O)C3CCC(C4CCCCC4)CC3)OC(=O)NCCOC(=O)C(=C)C)CC2)CC1. The van der Waals surface area contributed by atoms with Crippen LogP contribution in [0.1, 0.15) is 195 Å². The smallest absolute Gasteiger partial charge is 0.407 e. The van der Waals surface area contributed by atoms with Crippen LogP contribution in [0.5, 0.6) is 0 Å². The zero-order chi connectivity index (χ0) is 55.2. The topological polar surface area (TPSA) is 200 Å². The Morgan fingerprint density at radius 1 is 0.442 bits per heavy atom. The van der Waals surface area contributed by atoms with E-state index in [-0.39, 0.29) is 105 Å². The molecule has 0 heterocycles. The Bertz CT molecular complexity index is 1750. The van der Waals surface area contributed by atoms with E-state index in [2.05, 4.69) is 37.6 Å². The van der Waals surface area contributed by atoms with E-state index in [4.69, 9.17) is 37.9 Å². The second kappa shape index (κ2) is 32.2. The van der Waals surface area contributed by atoms with Crippen molar-refractivity contribution in [2.45, 2.75) is 219 Å². The summed E-state index contributed by atoms with van der Waals surface area (Å²) in [5, 5.41) is 5.25. The van der Waals surface area contributed by atoms with Gasteiger partial charge in [-0.3, -0.25) is 9.59 Å². The van der Waals surface area contributed by atoms with E-state index in [9.17, 15) is 28.8 Å². The van der Waals surface area contributed by atoms with Gasteiger partial charge < -0.3 is 48.5 Å². The number of amides is 2. The summed E-state index contributed by atoms with van der Waals surface area (Å²) in [6, 6.07) is 0. The van der Waals surface area contributed by atoms with Crippen molar-refractivity contribution in [3.8, 4) is 0 Å². The molecule has 6 rings (SSSR count). The zero-order valence-corrected chi connectivity index (χ0v) is 47.6. The highest BCUT2D eigenvalue weighted by molar-refractivity contribution is 5.87. The third-order valence-electron chi connectivity index (χ3n) is 18.6. The van der Waals surface area contributed by atoms with Crippen molar-refractivity contribution >= 4 is 36.1 Å². The number of carbonyl (C=O) groups is 6. The van der Waals surface area contributed by atoms with E-state index < -0.39 is 36.3 Å². The largest absolute Gasteiger partial charge is 0.461 e. The van der Waals surface area contributed by atoms with Crippen LogP contribution in [-0.2, 0) is 57.1 Å². The molecule has 0 spiro atoms. The van der Waals surface area contributed by atoms with Crippen LogP contribution in [0, 0.1) is 52.8 Å². The lowest BCUT2D eigenvalue weighted by Gasteiger charge is -2.46. The maximum atomic E-state index is 13.4. The molecule has 6 saturated carbocycles. The van der Waals surface area contributed by atoms with Crippen molar-refractivity contribution in [3.63, 3.8) is 0 Å². The molecular formula is C61H98N2O14. The van der Waals surface area contributed by atoms with E-state index in [0.717, 1.165) is 115 Å². The number of ether oxygens (including phenoxy) is 8. The Morgan fingerprint density at radius 2 is 0.779 bits per heavy atom. The third kappa shape index (κ3) is 20.8. The fourth-order valence-corrected chi connectivity index (χ4v) is 13.7. The highest BCUT2D eigenvalue weighted by Gasteiger charge is 2.42. The van der Waals surface area contributed by atoms with Gasteiger partial charge >= 0.3 is 36.1 Å². The third-order valence-corrected chi connectivity index (χ3v) is 18.6. The molecule has 0 aromatic carbocycles. The van der Waals surface area contributed by atoms with Gasteiger partial charge in [-0.25, -0.2) is 19.2 Å². The second-order valence-electron chi connectivity index (χ2n) is 24.5. The van der Waals surface area contributed by atoms with Crippen molar-refractivity contribution in [3.05, 3.63) is 24.3 Å². The van der Waals surface area contributed by atoms with E-state index in [1.807, 2.05) is 0 Å². The van der Waals surface area contributed by atoms with Crippen LogP contribution in [0.15, 0.2) is 24.3 Å². The highest BCUT2D eigenvalue weighted by Crippen LogP contribution is 2.49. The number of hydrogen-bond donors (Lipinski definition) is 2. The Kier molecular flexibility index (Phi) is 25.9. The molecule has 0 bridgehead atoms. The first-order valence-electron chi connectivity index (χ1n) is 30.2. The fraction of sp³-hybridized carbons (Fsp3) is 0.836. The van der Waals surface area contributed by atoms with Gasteiger partial charge in [0.2, 0.25) is 0 Å². The van der Waals surface area contributed by atoms with Gasteiger partial charge in [-0.05, 0) is 158 Å². The van der Waals surface area contributed by atoms with Gasteiger partial charge in [0, 0.05) is 11.1 Å². The molecule has 2 unspecified atom stereocenters. The lowest BCUT2D eigenvalue weighted by molar-refractivity contribution is -0.155. The number of rotatable bonds is 26. The second-order valence-corrected chi connectivity index (χ2v) is 24.5. The summed E-state index contributed by atoms with van der Waals surface area (Å²) in [5.74, 6) is 2.12. The van der Waals surface area contributed by atoms with E-state index >= 15 is 0 Å². The number of carbonyl (C=O) groups excluding carboxylic acids is 6. The summed E-state index contributed by atoms with van der Waals surface area (Å²) >= 11 is 0. The van der Waals surface area contributed by atoms with E-state index in [1.54, 1.807) is 13.8 Å². The molecule has 436 valence electrons. The molecule has 16 nitrogen and oxygen atoms in total. The van der Waals surface area contributed by atoms with Crippen LogP contribution >= 0.6 is 0 Å². The van der Waals surface area contributed by atoms with Crippen molar-refractivity contribution in [2.24, 2.45) is 52.8 Å². The van der Waals surface area contributed by atoms with Gasteiger partial charge in [0.05, 0.1) is 50.3 Å². The predicted octanol–water partition coefficient (Wildman–Crippen LogP) is 11.5. The summed E-state index contributed by atoms with van der Waals surface area (Å²) < 4.78 is 46.3. The molecule has 2 amide bonds. The normalized spacial score (nSPS) is 27.4. The van der Waals surface area contributed by atoms with Crippen molar-refractivity contribution < 1.29 is 66.7 Å². The lowest BCUT2D eigenvalue weighted by Crippen LogP contribution is -2.41. The van der Waals surface area contributed by atoms with Gasteiger partial charge in [-0.2, -0.15) is 0 Å². The lowest BCUT2D eigenvalue weighted by atomic mass is 9.60. The Labute approximate surface area is 460 Å². The van der Waals surface area contributed by atoms with Crippen LogP contribution in [-0.4, -0.2) is 113 Å². The number of nitrogens with one attached hydrogen (secondary N) is 2. The predicted molar refractivity (Wildman–Crippen MR) is 291 cm³/mol. The van der Waals surface area contributed by atoms with Crippen LogP contribution < -0.4 is 10.6 Å². The molecule has 0 saturated heterocycles. The number of hydrogen-bond acceptors (Lipinski definition) is 14. The first-order valence-corrected chi connectivity index (χ1v) is 30.2. The molecular weight excluding hydrogens is 985 g/mol. The first-order chi connectivity index (χ1) is 37.0. The molecule has 77 heavy (non-hydrogen) atoms. The van der Waals surface area contributed by atoms with Gasteiger partial charge in [0.1, 0.15) is 26.4 Å². The molecule has 6 aliphatic rings. The molecule has 0 aromatic rings. The minimum absolute atomic E-state index is 0.0236. The summed E-state index contributed by atoms with van der Waals surface area (Å²) in [7, 11) is 0. The molecule has 2 N–H and O–H groups in total. The maximum absolute atomic E-state index is 13.4. The van der Waals surface area contributed by atoms with Crippen LogP contribution in [0.3, 0.4) is 0 Å². The first kappa shape index (κ1) is 62.0. The van der Waals surface area contributed by atoms with E-state index in [0.29, 0.717) is 23.7 Å². The van der Waals surface area contributed by atoms with Gasteiger partial charge in [0.15, 0.2) is 12.2 Å². The van der Waals surface area contributed by atoms with Gasteiger partial charge in [-0.15, -0.1) is 0 Å². The summed E-state index contributed by atoms with van der Waals surface area (Å²) in [4.78, 5) is 76.1. The monoisotopic (exact) mass is 1080 g/mol. The van der Waals surface area contributed by atoms with Crippen molar-refractivity contribution in [2.75, 3.05) is 52.7 Å². The van der Waals surface area contributed by atoms with Gasteiger partial charge in [-0.1, -0.05) is 91.2 Å². The Balaban J connectivity index is 0.927. The number of esters is 4. The standard InChI is InChI=1S/C61H98N2O14/c1-41(2)55(64)70-35-33-62-59(68)76-53(39-74-57(66)47-21-17-45(18-22-47)43-13-9-7-10-14-43)37-72-51-29-25-49(26-30-51)61(5,6)50-27-31-52(32-28-50)73-38-54(77-60(69)63-34-36-71-56(65)42(3)4)40-75-58(67)48-23-19-46(20-24-48)44-15-11-8-12-16-44/h43-54H,1,3,7-40H2,2,4-6H3,(H,62,68)(H,63,69). The molecule has 6 fully saturated rings. The average molecular weight is 1080 g/mol. The minimum Gasteiger partial charge on any atom is -0.461 e. The summed E-state index contributed by atoms with van der Waals surface area (Å²) in [5.41, 5.74) is 0.618. The van der Waals surface area contributed by atoms with E-state index in [1.165, 1.54) is 64.2 Å². The summed E-state index contributed by atoms with van der Waals surface area (Å²) in [6.07, 6.45) is 25.1. The van der Waals surface area contributed by atoms with Crippen LogP contribution in [0.2, 0.25) is 0 Å². The molecule has 6 aliphatic carbocycles. The van der Waals surface area contributed by atoms with Crippen LogP contribution in [0.4, 0.5) is 9.59 Å². The Hall–Kier alpha value is -4.18. The van der Waals surface area contributed by atoms with Crippen molar-refractivity contribution in [1.29, 1.82) is 0 Å². The van der Waals surface area contributed by atoms with Crippen molar-refractivity contribution in [1.82, 2.24) is 10.6 Å². The van der Waals surface area contributed by atoms with Crippen LogP contribution in [0.25, 0.3) is 0 Å². The Morgan fingerprint density at radius 3 is 1.12 bits per heavy atom. The fourth-order valence-electron chi connectivity index (χ4n) is 13.7. The molecule has 16 heteroatoms. The molecule has 0 aromatic heterocycles. The maximum Gasteiger partial charge on any atom is 0.407 e. The average Bonchev–Trinajstić information content (AvgIpc) is 3.45. The molecule has 0 radical (unpaired) electrons. The zero-order valence-electron chi connectivity index (χ0n) is 47.6.